The molecule has 0 aliphatic carbocycles. The quantitative estimate of drug-likeness (QED) is 0.309. The van der Waals surface area contributed by atoms with E-state index in [4.69, 9.17) is 21.1 Å². The zero-order valence-electron chi connectivity index (χ0n) is 5.21. The minimum absolute atomic E-state index is 0.907. The van der Waals surface area contributed by atoms with Crippen molar-refractivity contribution in [3.05, 3.63) is 6.61 Å². The molecular formula is C5H10NO4. The molecule has 59 valence electrons. The summed E-state index contributed by atoms with van der Waals surface area (Å²) >= 11 is 0. The summed E-state index contributed by atoms with van der Waals surface area (Å²) in [4.78, 5) is 0. The van der Waals surface area contributed by atoms with Crippen molar-refractivity contribution >= 4 is 0 Å². The zero-order valence-corrected chi connectivity index (χ0v) is 5.21. The molecule has 1 radical (unpaired) electrons. The summed E-state index contributed by atoms with van der Waals surface area (Å²) in [5.41, 5.74) is 4.99. The number of hydrogen-bond donors (Lipinski definition) is 4. The van der Waals surface area contributed by atoms with Gasteiger partial charge in [0.05, 0.1) is 0 Å². The predicted octanol–water partition coefficient (Wildman–Crippen LogP) is -2.45. The zero-order chi connectivity index (χ0) is 7.72. The van der Waals surface area contributed by atoms with Crippen LogP contribution in [0.1, 0.15) is 0 Å². The minimum Gasteiger partial charge on any atom is -0.387 e. The van der Waals surface area contributed by atoms with Crippen LogP contribution in [0.2, 0.25) is 0 Å². The van der Waals surface area contributed by atoms with E-state index < -0.39 is 24.5 Å². The van der Waals surface area contributed by atoms with Crippen molar-refractivity contribution in [1.82, 2.24) is 0 Å². The second kappa shape index (κ2) is 2.81. The Labute approximate surface area is 58.0 Å². The van der Waals surface area contributed by atoms with Gasteiger partial charge in [-0.2, -0.15) is 0 Å². The predicted molar refractivity (Wildman–Crippen MR) is 31.4 cm³/mol. The fourth-order valence-electron chi connectivity index (χ4n) is 0.809. The fraction of sp³-hybridized carbons (Fsp3) is 0.800. The summed E-state index contributed by atoms with van der Waals surface area (Å²) in [6, 6.07) is 0. The summed E-state index contributed by atoms with van der Waals surface area (Å²) in [5, 5.41) is 26.5. The summed E-state index contributed by atoms with van der Waals surface area (Å²) in [6.45, 7) is 1.05. The first-order valence-corrected chi connectivity index (χ1v) is 2.91. The first-order valence-electron chi connectivity index (χ1n) is 2.91. The van der Waals surface area contributed by atoms with E-state index in [1.807, 2.05) is 0 Å². The molecule has 0 amide bonds. The van der Waals surface area contributed by atoms with Gasteiger partial charge < -0.3 is 25.8 Å². The Balaban J connectivity index is 2.49. The van der Waals surface area contributed by atoms with Crippen LogP contribution in [-0.4, -0.2) is 39.9 Å². The molecule has 5 N–H and O–H groups in total. The maximum absolute atomic E-state index is 8.98. The highest BCUT2D eigenvalue weighted by Crippen LogP contribution is 2.18. The van der Waals surface area contributed by atoms with E-state index in [1.165, 1.54) is 0 Å². The maximum Gasteiger partial charge on any atom is 0.131 e. The second-order valence-corrected chi connectivity index (χ2v) is 2.21. The standard InChI is InChI=1S/C5H10NO4/c6-5(9)4-3(8)2(7)1-10-4/h1-5,7-9H,6H2. The average Bonchev–Trinajstić information content (AvgIpc) is 2.14. The molecule has 1 heterocycles. The van der Waals surface area contributed by atoms with Crippen LogP contribution >= 0.6 is 0 Å². The van der Waals surface area contributed by atoms with Gasteiger partial charge in [0.25, 0.3) is 0 Å². The van der Waals surface area contributed by atoms with Gasteiger partial charge in [-0.3, -0.25) is 0 Å². The minimum atomic E-state index is -1.26. The van der Waals surface area contributed by atoms with Crippen LogP contribution in [0.15, 0.2) is 0 Å². The number of aliphatic hydroxyl groups excluding tert-OH is 3. The third kappa shape index (κ3) is 1.28. The first kappa shape index (κ1) is 7.90. The van der Waals surface area contributed by atoms with Gasteiger partial charge in [-0.15, -0.1) is 0 Å². The van der Waals surface area contributed by atoms with E-state index in [0.717, 1.165) is 6.61 Å². The topological polar surface area (TPSA) is 95.9 Å². The first-order chi connectivity index (χ1) is 4.63. The second-order valence-electron chi connectivity index (χ2n) is 2.21. The van der Waals surface area contributed by atoms with Gasteiger partial charge in [0, 0.05) is 0 Å². The van der Waals surface area contributed by atoms with Gasteiger partial charge in [-0.25, -0.2) is 0 Å². The molecule has 0 aromatic rings. The molecule has 1 aliphatic heterocycles. The van der Waals surface area contributed by atoms with Crippen molar-refractivity contribution in [2.24, 2.45) is 5.73 Å². The Hall–Kier alpha value is -0.200. The highest BCUT2D eigenvalue weighted by molar-refractivity contribution is 4.91. The number of rotatable bonds is 1. The molecule has 4 atom stereocenters. The van der Waals surface area contributed by atoms with Crippen LogP contribution in [0.5, 0.6) is 0 Å². The summed E-state index contributed by atoms with van der Waals surface area (Å²) in [5.74, 6) is 0. The van der Waals surface area contributed by atoms with Crippen molar-refractivity contribution in [3.8, 4) is 0 Å². The van der Waals surface area contributed by atoms with Crippen molar-refractivity contribution in [2.75, 3.05) is 0 Å². The maximum atomic E-state index is 8.98. The summed E-state index contributed by atoms with van der Waals surface area (Å²) in [6.07, 6.45) is -4.35. The van der Waals surface area contributed by atoms with Gasteiger partial charge in [-0.05, 0) is 0 Å². The smallest absolute Gasteiger partial charge is 0.131 e. The van der Waals surface area contributed by atoms with E-state index >= 15 is 0 Å². The molecule has 1 fully saturated rings. The monoisotopic (exact) mass is 148 g/mol. The highest BCUT2D eigenvalue weighted by atomic mass is 16.5. The third-order valence-electron chi connectivity index (χ3n) is 1.40. The molecule has 1 saturated heterocycles. The van der Waals surface area contributed by atoms with Crippen LogP contribution in [-0.2, 0) is 4.74 Å². The molecule has 0 bridgehead atoms. The van der Waals surface area contributed by atoms with Crippen molar-refractivity contribution in [3.63, 3.8) is 0 Å². The lowest BCUT2D eigenvalue weighted by Crippen LogP contribution is -2.43. The normalized spacial score (nSPS) is 43.8. The Bertz CT molecular complexity index is 118. The van der Waals surface area contributed by atoms with Crippen LogP contribution in [0.3, 0.4) is 0 Å². The van der Waals surface area contributed by atoms with Crippen LogP contribution in [0.25, 0.3) is 0 Å². The molecule has 0 spiro atoms. The fourth-order valence-corrected chi connectivity index (χ4v) is 0.809. The number of nitrogens with two attached hydrogens (primary N) is 1. The molecule has 5 heteroatoms. The Morgan fingerprint density at radius 1 is 1.50 bits per heavy atom. The molecule has 4 unspecified atom stereocenters. The summed E-state index contributed by atoms with van der Waals surface area (Å²) in [7, 11) is 0. The van der Waals surface area contributed by atoms with E-state index in [9.17, 15) is 0 Å². The lowest BCUT2D eigenvalue weighted by atomic mass is 10.1. The molecule has 0 saturated carbocycles. The van der Waals surface area contributed by atoms with E-state index in [0.29, 0.717) is 0 Å². The largest absolute Gasteiger partial charge is 0.387 e. The van der Waals surface area contributed by atoms with Crippen molar-refractivity contribution in [2.45, 2.75) is 24.5 Å². The van der Waals surface area contributed by atoms with Gasteiger partial charge >= 0.3 is 0 Å². The Morgan fingerprint density at radius 2 is 2.10 bits per heavy atom. The lowest BCUT2D eigenvalue weighted by Gasteiger charge is -2.16. The molecule has 0 aromatic carbocycles. The van der Waals surface area contributed by atoms with Crippen LogP contribution in [0, 0.1) is 6.61 Å². The van der Waals surface area contributed by atoms with Gasteiger partial charge in [0.1, 0.15) is 31.1 Å². The number of aliphatic hydroxyl groups is 3. The molecule has 1 rings (SSSR count). The molecule has 1 aliphatic rings. The lowest BCUT2D eigenvalue weighted by molar-refractivity contribution is -0.0429. The molecule has 5 nitrogen and oxygen atoms in total. The Morgan fingerprint density at radius 3 is 2.30 bits per heavy atom. The number of hydrogen-bond acceptors (Lipinski definition) is 5. The van der Waals surface area contributed by atoms with Crippen molar-refractivity contribution < 1.29 is 20.1 Å². The molecule has 10 heavy (non-hydrogen) atoms. The van der Waals surface area contributed by atoms with Gasteiger partial charge in [0.15, 0.2) is 0 Å². The Kier molecular flexibility index (Phi) is 2.22. The highest BCUT2D eigenvalue weighted by Gasteiger charge is 2.38. The molecular weight excluding hydrogens is 138 g/mol. The van der Waals surface area contributed by atoms with E-state index in [-0.39, 0.29) is 0 Å². The SMILES string of the molecule is NC(O)C1O[CH]C(O)C1O. The van der Waals surface area contributed by atoms with Gasteiger partial charge in [-0.1, -0.05) is 0 Å². The van der Waals surface area contributed by atoms with Gasteiger partial charge in [0.2, 0.25) is 0 Å². The molecule has 0 aromatic heterocycles. The van der Waals surface area contributed by atoms with Crippen molar-refractivity contribution in [1.29, 1.82) is 0 Å². The van der Waals surface area contributed by atoms with E-state index in [2.05, 4.69) is 4.74 Å². The van der Waals surface area contributed by atoms with Crippen LogP contribution in [0.4, 0.5) is 0 Å². The third-order valence-corrected chi connectivity index (χ3v) is 1.40. The number of ether oxygens (including phenoxy) is 1. The van der Waals surface area contributed by atoms with Crippen LogP contribution < -0.4 is 5.73 Å². The summed E-state index contributed by atoms with van der Waals surface area (Å²) < 4.78 is 4.64. The van der Waals surface area contributed by atoms with E-state index in [1.54, 1.807) is 0 Å². The average molecular weight is 148 g/mol.